The molecule has 0 bridgehead atoms. The summed E-state index contributed by atoms with van der Waals surface area (Å²) in [6.07, 6.45) is -16.9. The smallest absolute Gasteiger partial charge is 0.426 e. The average Bonchev–Trinajstić information content (AvgIpc) is 3.57. The van der Waals surface area contributed by atoms with Gasteiger partial charge in [0.2, 0.25) is 5.91 Å². The van der Waals surface area contributed by atoms with E-state index in [2.05, 4.69) is 15.4 Å². The number of methoxy groups -OCH3 is 1. The maximum absolute atomic E-state index is 15.6. The maximum atomic E-state index is 15.6. The van der Waals surface area contributed by atoms with Crippen molar-refractivity contribution < 1.29 is 63.3 Å². The van der Waals surface area contributed by atoms with Gasteiger partial charge in [-0.05, 0) is 17.7 Å². The fraction of sp³-hybridized carbons (Fsp3) is 0.517. The number of nitrogen functional groups attached to an aromatic ring is 1. The van der Waals surface area contributed by atoms with E-state index in [9.17, 15) is 54.2 Å². The van der Waals surface area contributed by atoms with Gasteiger partial charge in [-0.25, -0.2) is 27.1 Å². The normalized spacial score (nSPS) is 20.4. The van der Waals surface area contributed by atoms with Crippen LogP contribution in [0, 0.1) is 5.82 Å². The molecular weight excluding hydrogens is 700 g/mol. The van der Waals surface area contributed by atoms with E-state index in [-0.39, 0.29) is 66.4 Å². The highest BCUT2D eigenvalue weighted by Crippen LogP contribution is 2.45. The molecule has 4 N–H and O–H groups in total. The Balaban J connectivity index is 1.40. The number of aromatic nitrogens is 3. The lowest BCUT2D eigenvalue weighted by atomic mass is 9.97. The number of piperidine rings is 1. The van der Waals surface area contributed by atoms with Gasteiger partial charge in [0.1, 0.15) is 29.6 Å². The van der Waals surface area contributed by atoms with E-state index in [0.717, 1.165) is 25.6 Å². The molecule has 5 rings (SSSR count). The van der Waals surface area contributed by atoms with Gasteiger partial charge < -0.3 is 25.8 Å². The van der Waals surface area contributed by atoms with Gasteiger partial charge in [0, 0.05) is 50.7 Å². The fourth-order valence-corrected chi connectivity index (χ4v) is 5.88. The molecule has 2 amide bonds. The first-order valence-electron chi connectivity index (χ1n) is 14.8. The third-order valence-electron chi connectivity index (χ3n) is 8.72. The van der Waals surface area contributed by atoms with Crippen molar-refractivity contribution in [2.75, 3.05) is 39.0 Å². The second-order valence-electron chi connectivity index (χ2n) is 12.1. The van der Waals surface area contributed by atoms with Crippen LogP contribution >= 0.6 is 0 Å². The van der Waals surface area contributed by atoms with E-state index in [0.29, 0.717) is 10.5 Å². The standard InChI is InChI=1S/C29H29F10N7O4/c1-50-21-8-17(30)15(20-6-14(23-24(40)41-13-42-46(20)23)10-44-4-2-26(32,33)3-5-44)7-16(21)25(48)43-19-12-45(11-18(19)31)22(47)9-27(49,28(34,35)36)29(37,38)39/h6-8,13,18-19,49H,2-5,9-12H2,1H3,(H,43,48)(H2,40,41,42)/t18-,19+/m0/s1. The Morgan fingerprint density at radius 1 is 1.08 bits per heavy atom. The summed E-state index contributed by atoms with van der Waals surface area (Å²) >= 11 is 0. The summed E-state index contributed by atoms with van der Waals surface area (Å²) in [5.74, 6) is -7.10. The van der Waals surface area contributed by atoms with Crippen molar-refractivity contribution in [2.24, 2.45) is 0 Å². The Hall–Kier alpha value is -4.40. The molecule has 2 atom stereocenters. The van der Waals surface area contributed by atoms with E-state index in [4.69, 9.17) is 10.5 Å². The van der Waals surface area contributed by atoms with Crippen LogP contribution in [0.3, 0.4) is 0 Å². The first-order valence-corrected chi connectivity index (χ1v) is 14.8. The maximum Gasteiger partial charge on any atom is 0.426 e. The number of aliphatic hydroxyl groups is 1. The summed E-state index contributed by atoms with van der Waals surface area (Å²) in [6.45, 7) is -1.64. The number of fused-ring (bicyclic) bond motifs is 1. The molecule has 2 fully saturated rings. The quantitative estimate of drug-likeness (QED) is 0.298. The number of alkyl halides is 9. The number of rotatable bonds is 8. The van der Waals surface area contributed by atoms with Gasteiger partial charge in [0.05, 0.1) is 37.4 Å². The summed E-state index contributed by atoms with van der Waals surface area (Å²) in [5.41, 5.74) is 0.785. The number of nitrogens with two attached hydrogens (primary N) is 1. The predicted octanol–water partition coefficient (Wildman–Crippen LogP) is 3.88. The summed E-state index contributed by atoms with van der Waals surface area (Å²) in [6, 6.07) is 1.68. The van der Waals surface area contributed by atoms with Crippen LogP contribution < -0.4 is 15.8 Å². The number of nitrogens with one attached hydrogen (secondary N) is 1. The molecule has 2 aliphatic heterocycles. The zero-order chi connectivity index (χ0) is 37.0. The number of halogens is 10. The van der Waals surface area contributed by atoms with Gasteiger partial charge in [-0.2, -0.15) is 31.4 Å². The minimum atomic E-state index is -6.28. The Kier molecular flexibility index (Phi) is 9.62. The van der Waals surface area contributed by atoms with Crippen LogP contribution in [0.4, 0.5) is 49.7 Å². The Morgan fingerprint density at radius 3 is 2.32 bits per heavy atom. The largest absolute Gasteiger partial charge is 0.496 e. The monoisotopic (exact) mass is 729 g/mol. The molecule has 0 aliphatic carbocycles. The van der Waals surface area contributed by atoms with Crippen LogP contribution in [0.15, 0.2) is 24.5 Å². The van der Waals surface area contributed by atoms with E-state index >= 15 is 4.39 Å². The summed E-state index contributed by atoms with van der Waals surface area (Å²) < 4.78 is 143. The molecule has 11 nitrogen and oxygen atoms in total. The second-order valence-corrected chi connectivity index (χ2v) is 12.1. The molecule has 1 aromatic carbocycles. The van der Waals surface area contributed by atoms with Crippen molar-refractivity contribution in [1.29, 1.82) is 0 Å². The first-order chi connectivity index (χ1) is 23.2. The fourth-order valence-electron chi connectivity index (χ4n) is 5.88. The number of carbonyl (C=O) groups is 2. The van der Waals surface area contributed by atoms with Crippen molar-refractivity contribution in [3.63, 3.8) is 0 Å². The molecule has 50 heavy (non-hydrogen) atoms. The third kappa shape index (κ3) is 6.96. The molecule has 0 unspecified atom stereocenters. The van der Waals surface area contributed by atoms with E-state index in [1.165, 1.54) is 10.6 Å². The number of ether oxygens (including phenoxy) is 1. The number of benzene rings is 1. The minimum Gasteiger partial charge on any atom is -0.496 e. The van der Waals surface area contributed by atoms with E-state index < -0.39 is 73.2 Å². The van der Waals surface area contributed by atoms with Crippen molar-refractivity contribution in [3.05, 3.63) is 41.5 Å². The molecule has 3 aromatic rings. The highest BCUT2D eigenvalue weighted by atomic mass is 19.4. The number of hydrogen-bond acceptors (Lipinski definition) is 8. The number of amides is 2. The lowest BCUT2D eigenvalue weighted by Gasteiger charge is -2.32. The Morgan fingerprint density at radius 2 is 1.72 bits per heavy atom. The highest BCUT2D eigenvalue weighted by molar-refractivity contribution is 5.98. The molecule has 0 saturated carbocycles. The number of likely N-dealkylation sites (tertiary alicyclic amines) is 2. The average molecular weight is 730 g/mol. The van der Waals surface area contributed by atoms with Gasteiger partial charge in [-0.3, -0.25) is 14.5 Å². The lowest BCUT2D eigenvalue weighted by molar-refractivity contribution is -0.367. The van der Waals surface area contributed by atoms with Crippen LogP contribution in [-0.4, -0.2) is 111 Å². The topological polar surface area (TPSA) is 138 Å². The van der Waals surface area contributed by atoms with E-state index in [1.807, 2.05) is 0 Å². The first kappa shape index (κ1) is 36.9. The molecule has 21 heteroatoms. The summed E-state index contributed by atoms with van der Waals surface area (Å²) in [4.78, 5) is 31.8. The van der Waals surface area contributed by atoms with Gasteiger partial charge >= 0.3 is 12.4 Å². The molecule has 4 heterocycles. The highest BCUT2D eigenvalue weighted by Gasteiger charge is 2.71. The molecular formula is C29H29F10N7O4. The van der Waals surface area contributed by atoms with Crippen molar-refractivity contribution in [1.82, 2.24) is 29.7 Å². The zero-order valence-corrected chi connectivity index (χ0v) is 25.9. The zero-order valence-electron chi connectivity index (χ0n) is 25.9. The summed E-state index contributed by atoms with van der Waals surface area (Å²) in [5, 5.41) is 15.7. The Bertz CT molecular complexity index is 1760. The Labute approximate surface area is 276 Å². The summed E-state index contributed by atoms with van der Waals surface area (Å²) in [7, 11) is 1.09. The van der Waals surface area contributed by atoms with Crippen LogP contribution in [-0.2, 0) is 11.3 Å². The van der Waals surface area contributed by atoms with Gasteiger partial charge in [0.25, 0.3) is 17.4 Å². The van der Waals surface area contributed by atoms with Crippen LogP contribution in [0.25, 0.3) is 16.8 Å². The third-order valence-corrected chi connectivity index (χ3v) is 8.72. The van der Waals surface area contributed by atoms with Gasteiger partial charge in [-0.1, -0.05) is 0 Å². The van der Waals surface area contributed by atoms with Gasteiger partial charge in [-0.15, -0.1) is 0 Å². The van der Waals surface area contributed by atoms with E-state index in [1.54, 1.807) is 4.90 Å². The number of carbonyl (C=O) groups excluding carboxylic acids is 2. The lowest BCUT2D eigenvalue weighted by Crippen LogP contribution is -2.59. The molecule has 2 aromatic heterocycles. The molecule has 2 aliphatic rings. The van der Waals surface area contributed by atoms with Crippen LogP contribution in [0.2, 0.25) is 0 Å². The van der Waals surface area contributed by atoms with Crippen molar-refractivity contribution in [2.45, 2.75) is 61.9 Å². The van der Waals surface area contributed by atoms with Crippen LogP contribution in [0.1, 0.15) is 35.2 Å². The SMILES string of the molecule is COc1cc(F)c(-c2cc(CN3CCC(F)(F)CC3)c3c(N)ncnn23)cc1C(=O)N[C@@H]1CN(C(=O)CC(O)(C(F)(F)F)C(F)(F)F)C[C@@H]1F. The molecule has 2 saturated heterocycles. The number of hydrogen-bond donors (Lipinski definition) is 3. The number of anilines is 1. The van der Waals surface area contributed by atoms with Gasteiger partial charge in [0.15, 0.2) is 5.82 Å². The molecule has 0 spiro atoms. The predicted molar refractivity (Wildman–Crippen MR) is 153 cm³/mol. The van der Waals surface area contributed by atoms with Crippen molar-refractivity contribution >= 4 is 23.1 Å². The molecule has 0 radical (unpaired) electrons. The van der Waals surface area contributed by atoms with Crippen molar-refractivity contribution in [3.8, 4) is 17.0 Å². The molecule has 274 valence electrons. The van der Waals surface area contributed by atoms with Crippen LogP contribution in [0.5, 0.6) is 5.75 Å². The second kappa shape index (κ2) is 13.1. The minimum absolute atomic E-state index is 0.0197. The number of nitrogens with zero attached hydrogens (tertiary/aromatic N) is 5.